The summed E-state index contributed by atoms with van der Waals surface area (Å²) in [6, 6.07) is 11.3. The second-order valence-electron chi connectivity index (χ2n) is 11.6. The van der Waals surface area contributed by atoms with Crippen LogP contribution >= 0.6 is 0 Å². The average Bonchev–Trinajstić information content (AvgIpc) is 3.65. The van der Waals surface area contributed by atoms with Crippen LogP contribution in [-0.2, 0) is 21.4 Å². The summed E-state index contributed by atoms with van der Waals surface area (Å²) in [5.41, 5.74) is 3.19. The Morgan fingerprint density at radius 3 is 2.63 bits per heavy atom. The summed E-state index contributed by atoms with van der Waals surface area (Å²) < 4.78 is 19.2. The maximum atomic E-state index is 13.6. The molecule has 43 heavy (non-hydrogen) atoms. The molecule has 11 heteroatoms. The van der Waals surface area contributed by atoms with Gasteiger partial charge in [0, 0.05) is 63.8 Å². The number of aryl methyl sites for hydroxylation is 1. The highest BCUT2D eigenvalue weighted by molar-refractivity contribution is 5.97. The smallest absolute Gasteiger partial charge is 0.254 e. The summed E-state index contributed by atoms with van der Waals surface area (Å²) in [5, 5.41) is 3.10. The second-order valence-corrected chi connectivity index (χ2v) is 11.6. The summed E-state index contributed by atoms with van der Waals surface area (Å²) in [5.74, 6) is 0.396. The van der Waals surface area contributed by atoms with Crippen LogP contribution < -0.4 is 14.8 Å². The van der Waals surface area contributed by atoms with Crippen molar-refractivity contribution >= 4 is 28.8 Å². The molecule has 11 nitrogen and oxygen atoms in total. The molecule has 3 aliphatic rings. The van der Waals surface area contributed by atoms with E-state index in [1.807, 2.05) is 52.9 Å². The van der Waals surface area contributed by atoms with Crippen molar-refractivity contribution in [1.82, 2.24) is 24.7 Å². The number of carbonyl (C=O) groups excluding carboxylic acids is 3. The third-order valence-corrected chi connectivity index (χ3v) is 8.94. The van der Waals surface area contributed by atoms with Crippen molar-refractivity contribution in [3.63, 3.8) is 0 Å². The monoisotopic (exact) mass is 589 g/mol. The van der Waals surface area contributed by atoms with Crippen molar-refractivity contribution < 1.29 is 28.6 Å². The number of nitrogens with zero attached hydrogens (tertiary/aromatic N) is 4. The number of amides is 3. The van der Waals surface area contributed by atoms with E-state index >= 15 is 0 Å². The summed E-state index contributed by atoms with van der Waals surface area (Å²) >= 11 is 0. The maximum Gasteiger partial charge on any atom is 0.254 e. The molecule has 2 atom stereocenters. The van der Waals surface area contributed by atoms with Gasteiger partial charge in [-0.25, -0.2) is 4.98 Å². The van der Waals surface area contributed by atoms with Crippen LogP contribution in [0.2, 0.25) is 0 Å². The summed E-state index contributed by atoms with van der Waals surface area (Å²) in [6.07, 6.45) is 3.73. The van der Waals surface area contributed by atoms with Gasteiger partial charge >= 0.3 is 0 Å². The van der Waals surface area contributed by atoms with Crippen LogP contribution in [0.1, 0.15) is 41.1 Å². The topological polar surface area (TPSA) is 115 Å². The van der Waals surface area contributed by atoms with Gasteiger partial charge in [0.2, 0.25) is 11.8 Å². The van der Waals surface area contributed by atoms with E-state index in [-0.39, 0.29) is 36.2 Å². The minimum Gasteiger partial charge on any atom is -0.493 e. The minimum absolute atomic E-state index is 0.0676. The first kappa shape index (κ1) is 29.0. The van der Waals surface area contributed by atoms with E-state index in [0.717, 1.165) is 16.6 Å². The van der Waals surface area contributed by atoms with E-state index in [1.165, 1.54) is 0 Å². The van der Waals surface area contributed by atoms with Crippen molar-refractivity contribution in [1.29, 1.82) is 0 Å². The number of aromatic nitrogens is 2. The molecule has 0 saturated carbocycles. The number of rotatable bonds is 3. The van der Waals surface area contributed by atoms with Crippen molar-refractivity contribution in [3.05, 3.63) is 53.9 Å². The highest BCUT2D eigenvalue weighted by Gasteiger charge is 2.42. The Morgan fingerprint density at radius 2 is 1.81 bits per heavy atom. The Bertz CT molecular complexity index is 1500. The SMILES string of the molecule is COc1ccc2cc1OCCN(C(=O)c1ccc3c(c1)ncn3C)CCCNC(=O)[C@H]1CN(C(=O)C3CCOCC3)C[C@H]21. The lowest BCUT2D eigenvalue weighted by Crippen LogP contribution is -2.40. The summed E-state index contributed by atoms with van der Waals surface area (Å²) in [6.45, 7) is 3.53. The molecule has 228 valence electrons. The van der Waals surface area contributed by atoms with Gasteiger partial charge in [-0.1, -0.05) is 6.07 Å². The maximum absolute atomic E-state index is 13.6. The molecule has 0 radical (unpaired) electrons. The quantitative estimate of drug-likeness (QED) is 0.500. The van der Waals surface area contributed by atoms with Crippen molar-refractivity contribution in [2.24, 2.45) is 18.9 Å². The lowest BCUT2D eigenvalue weighted by atomic mass is 9.88. The standard InChI is InChI=1S/C32H39N5O6/c1-35-20-34-26-16-23(4-6-27(26)35)32(40)36-11-3-10-33-30(38)25-19-37(31(39)21-8-13-42-14-9-21)18-24(25)22-5-7-28(41-2)29(17-22)43-15-12-36/h4-7,16-17,20-21,24-25H,3,8-15,18-19H2,1-2H3,(H,33,38)/t24-,25+/m1/s1. The Hall–Kier alpha value is -4.12. The minimum atomic E-state index is -0.393. The van der Waals surface area contributed by atoms with Crippen LogP contribution in [0.15, 0.2) is 42.7 Å². The number of hydrogen-bond acceptors (Lipinski definition) is 7. The zero-order valence-corrected chi connectivity index (χ0v) is 24.8. The Balaban J connectivity index is 1.23. The first-order valence-corrected chi connectivity index (χ1v) is 15.1. The fourth-order valence-corrected chi connectivity index (χ4v) is 6.47. The third-order valence-electron chi connectivity index (χ3n) is 8.94. The van der Waals surface area contributed by atoms with Crippen molar-refractivity contribution in [2.75, 3.05) is 59.7 Å². The molecule has 0 unspecified atom stereocenters. The number of methoxy groups -OCH3 is 1. The molecular formula is C32H39N5O6. The van der Waals surface area contributed by atoms with Gasteiger partial charge in [0.1, 0.15) is 6.61 Å². The van der Waals surface area contributed by atoms with E-state index in [2.05, 4.69) is 10.3 Å². The van der Waals surface area contributed by atoms with Gasteiger partial charge < -0.3 is 33.9 Å². The molecule has 2 bridgehead atoms. The fourth-order valence-electron chi connectivity index (χ4n) is 6.47. The Labute approximate surface area is 251 Å². The average molecular weight is 590 g/mol. The van der Waals surface area contributed by atoms with Crippen LogP contribution in [0, 0.1) is 11.8 Å². The number of hydrogen-bond donors (Lipinski definition) is 1. The summed E-state index contributed by atoms with van der Waals surface area (Å²) in [4.78, 5) is 48.6. The lowest BCUT2D eigenvalue weighted by Gasteiger charge is -2.26. The number of nitrogens with one attached hydrogen (secondary N) is 1. The number of ether oxygens (including phenoxy) is 3. The van der Waals surface area contributed by atoms with Crippen LogP contribution in [0.25, 0.3) is 11.0 Å². The molecule has 3 aromatic rings. The molecule has 6 rings (SSSR count). The summed E-state index contributed by atoms with van der Waals surface area (Å²) in [7, 11) is 3.51. The molecular weight excluding hydrogens is 550 g/mol. The van der Waals surface area contributed by atoms with E-state index in [4.69, 9.17) is 14.2 Å². The zero-order chi connectivity index (χ0) is 29.9. The normalized spacial score (nSPS) is 22.0. The van der Waals surface area contributed by atoms with Gasteiger partial charge in [0.05, 0.1) is 36.9 Å². The molecule has 0 aliphatic carbocycles. The van der Waals surface area contributed by atoms with Crippen LogP contribution in [0.4, 0.5) is 0 Å². The Kier molecular flexibility index (Phi) is 8.51. The van der Waals surface area contributed by atoms with Crippen LogP contribution in [0.3, 0.4) is 0 Å². The van der Waals surface area contributed by atoms with E-state index in [1.54, 1.807) is 18.3 Å². The number of benzene rings is 2. The van der Waals surface area contributed by atoms with Crippen LogP contribution in [-0.4, -0.2) is 96.7 Å². The van der Waals surface area contributed by atoms with E-state index in [9.17, 15) is 14.4 Å². The van der Waals surface area contributed by atoms with Gasteiger partial charge in [-0.15, -0.1) is 0 Å². The van der Waals surface area contributed by atoms with Gasteiger partial charge in [-0.05, 0) is 55.2 Å². The van der Waals surface area contributed by atoms with E-state index in [0.29, 0.717) is 82.3 Å². The first-order valence-electron chi connectivity index (χ1n) is 15.1. The number of likely N-dealkylation sites (tertiary alicyclic amines) is 1. The molecule has 3 aliphatic heterocycles. The molecule has 1 N–H and O–H groups in total. The highest BCUT2D eigenvalue weighted by Crippen LogP contribution is 2.38. The molecule has 2 aromatic carbocycles. The lowest BCUT2D eigenvalue weighted by molar-refractivity contribution is -0.137. The molecule has 4 heterocycles. The zero-order valence-electron chi connectivity index (χ0n) is 24.8. The van der Waals surface area contributed by atoms with Crippen molar-refractivity contribution in [2.45, 2.75) is 25.2 Å². The van der Waals surface area contributed by atoms with Gasteiger partial charge in [-0.3, -0.25) is 14.4 Å². The molecule has 2 fully saturated rings. The number of carbonyl (C=O) groups is 3. The molecule has 0 spiro atoms. The first-order chi connectivity index (χ1) is 20.9. The molecule has 3 amide bonds. The number of imidazole rings is 1. The van der Waals surface area contributed by atoms with Crippen molar-refractivity contribution in [3.8, 4) is 11.5 Å². The fraction of sp³-hybridized carbons (Fsp3) is 0.500. The molecule has 1 aromatic heterocycles. The highest BCUT2D eigenvalue weighted by atomic mass is 16.5. The Morgan fingerprint density at radius 1 is 1.00 bits per heavy atom. The predicted octanol–water partition coefficient (Wildman–Crippen LogP) is 2.59. The van der Waals surface area contributed by atoms with Gasteiger partial charge in [-0.2, -0.15) is 0 Å². The van der Waals surface area contributed by atoms with E-state index < -0.39 is 5.92 Å². The molecule has 2 saturated heterocycles. The van der Waals surface area contributed by atoms with Gasteiger partial charge in [0.15, 0.2) is 11.5 Å². The largest absolute Gasteiger partial charge is 0.493 e. The second kappa shape index (κ2) is 12.6. The van der Waals surface area contributed by atoms with Crippen LogP contribution in [0.5, 0.6) is 11.5 Å². The van der Waals surface area contributed by atoms with Gasteiger partial charge in [0.25, 0.3) is 5.91 Å². The third kappa shape index (κ3) is 6.04. The number of fused-ring (bicyclic) bond motifs is 5. The predicted molar refractivity (Wildman–Crippen MR) is 159 cm³/mol.